The van der Waals surface area contributed by atoms with Crippen molar-refractivity contribution in [2.45, 2.75) is 19.8 Å². The van der Waals surface area contributed by atoms with Gasteiger partial charge in [0.1, 0.15) is 11.5 Å². The fourth-order valence-electron chi connectivity index (χ4n) is 1.87. The first-order valence-corrected chi connectivity index (χ1v) is 7.28. The van der Waals surface area contributed by atoms with E-state index in [1.54, 1.807) is 24.4 Å². The van der Waals surface area contributed by atoms with E-state index in [1.165, 1.54) is 12.1 Å². The quantitative estimate of drug-likeness (QED) is 0.824. The van der Waals surface area contributed by atoms with E-state index in [1.807, 2.05) is 6.92 Å². The molecule has 0 spiro atoms. The van der Waals surface area contributed by atoms with Crippen molar-refractivity contribution in [2.24, 2.45) is 0 Å². The fraction of sp³-hybridized carbons (Fsp3) is 0.312. The Morgan fingerprint density at radius 1 is 1.18 bits per heavy atom. The molecule has 0 aliphatic carbocycles. The Kier molecular flexibility index (Phi) is 5.82. The summed E-state index contributed by atoms with van der Waals surface area (Å²) >= 11 is 0. The van der Waals surface area contributed by atoms with Crippen LogP contribution in [0.3, 0.4) is 0 Å². The zero-order chi connectivity index (χ0) is 15.8. The minimum absolute atomic E-state index is 0.246. The zero-order valence-electron chi connectivity index (χ0n) is 12.5. The van der Waals surface area contributed by atoms with Gasteiger partial charge in [0.05, 0.1) is 0 Å². The minimum atomic E-state index is -0.263. The van der Waals surface area contributed by atoms with Crippen molar-refractivity contribution < 1.29 is 9.18 Å². The largest absolute Gasteiger partial charge is 0.354 e. The number of hydrogen-bond donors (Lipinski definition) is 2. The van der Waals surface area contributed by atoms with Gasteiger partial charge < -0.3 is 10.6 Å². The van der Waals surface area contributed by atoms with Crippen LogP contribution >= 0.6 is 0 Å². The van der Waals surface area contributed by atoms with E-state index in [9.17, 15) is 9.18 Å². The molecule has 2 aromatic rings. The number of halogens is 1. The molecule has 2 N–H and O–H groups in total. The number of benzene rings is 1. The molecule has 0 aliphatic heterocycles. The molecular formula is C16H19FN4O. The first-order chi connectivity index (χ1) is 10.7. The molecule has 1 heterocycles. The van der Waals surface area contributed by atoms with Crippen LogP contribution in [-0.4, -0.2) is 29.0 Å². The summed E-state index contributed by atoms with van der Waals surface area (Å²) in [6.07, 6.45) is 3.15. The number of carbonyl (C=O) groups is 1. The molecule has 1 aromatic carbocycles. The molecule has 0 unspecified atom stereocenters. The van der Waals surface area contributed by atoms with Gasteiger partial charge in [0.2, 0.25) is 5.95 Å². The molecule has 0 aliphatic rings. The number of carbonyl (C=O) groups excluding carboxylic acids is 1. The van der Waals surface area contributed by atoms with Crippen LogP contribution in [0, 0.1) is 5.82 Å². The molecule has 1 amide bonds. The van der Waals surface area contributed by atoms with Crippen LogP contribution in [0.25, 0.3) is 0 Å². The van der Waals surface area contributed by atoms with Crippen molar-refractivity contribution in [3.8, 4) is 0 Å². The molecule has 5 nitrogen and oxygen atoms in total. The maximum Gasteiger partial charge on any atom is 0.270 e. The summed E-state index contributed by atoms with van der Waals surface area (Å²) in [4.78, 5) is 20.2. The van der Waals surface area contributed by atoms with Crippen LogP contribution in [0.4, 0.5) is 10.3 Å². The minimum Gasteiger partial charge on any atom is -0.354 e. The third-order valence-corrected chi connectivity index (χ3v) is 3.03. The Balaban J connectivity index is 1.85. The molecule has 6 heteroatoms. The highest BCUT2D eigenvalue weighted by Gasteiger charge is 2.08. The van der Waals surface area contributed by atoms with Crippen molar-refractivity contribution in [2.75, 3.05) is 18.4 Å². The monoisotopic (exact) mass is 302 g/mol. The zero-order valence-corrected chi connectivity index (χ0v) is 12.5. The number of hydrogen-bond acceptors (Lipinski definition) is 4. The molecule has 0 bridgehead atoms. The fourth-order valence-corrected chi connectivity index (χ4v) is 1.87. The summed E-state index contributed by atoms with van der Waals surface area (Å²) in [5, 5.41) is 5.83. The van der Waals surface area contributed by atoms with Gasteiger partial charge >= 0.3 is 0 Å². The van der Waals surface area contributed by atoms with Crippen molar-refractivity contribution >= 4 is 11.9 Å². The third kappa shape index (κ3) is 4.80. The number of nitrogens with one attached hydrogen (secondary N) is 2. The highest BCUT2D eigenvalue weighted by atomic mass is 19.1. The predicted octanol–water partition coefficient (Wildman–Crippen LogP) is 2.41. The maximum atomic E-state index is 12.8. The summed E-state index contributed by atoms with van der Waals surface area (Å²) in [6.45, 7) is 3.26. The molecule has 22 heavy (non-hydrogen) atoms. The molecule has 2 rings (SSSR count). The van der Waals surface area contributed by atoms with Crippen LogP contribution in [0.2, 0.25) is 0 Å². The highest BCUT2D eigenvalue weighted by Crippen LogP contribution is 2.04. The summed E-state index contributed by atoms with van der Waals surface area (Å²) in [5.74, 6) is -0.0574. The maximum absolute atomic E-state index is 12.8. The van der Waals surface area contributed by atoms with Crippen LogP contribution < -0.4 is 10.6 Å². The normalized spacial score (nSPS) is 10.3. The standard InChI is InChI=1S/C16H19FN4O/c1-2-9-19-16-20-11-8-14(21-16)15(22)18-10-7-12-3-5-13(17)6-4-12/h3-6,8,11H,2,7,9-10H2,1H3,(H,18,22)(H,19,20,21). The van der Waals surface area contributed by atoms with Gasteiger partial charge in [-0.25, -0.2) is 14.4 Å². The Bertz CT molecular complexity index is 616. The number of rotatable bonds is 7. The average molecular weight is 302 g/mol. The van der Waals surface area contributed by atoms with E-state index in [-0.39, 0.29) is 11.7 Å². The molecule has 116 valence electrons. The first-order valence-electron chi connectivity index (χ1n) is 7.28. The summed E-state index contributed by atoms with van der Waals surface area (Å²) in [5.41, 5.74) is 1.29. The molecule has 0 atom stereocenters. The lowest BCUT2D eigenvalue weighted by molar-refractivity contribution is 0.0949. The van der Waals surface area contributed by atoms with Crippen molar-refractivity contribution in [3.05, 3.63) is 53.6 Å². The van der Waals surface area contributed by atoms with Gasteiger partial charge in [-0.05, 0) is 36.6 Å². The summed E-state index contributed by atoms with van der Waals surface area (Å²) in [7, 11) is 0. The second-order valence-corrected chi connectivity index (χ2v) is 4.82. The van der Waals surface area contributed by atoms with Gasteiger partial charge in [-0.1, -0.05) is 19.1 Å². The Morgan fingerprint density at radius 2 is 1.95 bits per heavy atom. The Morgan fingerprint density at radius 3 is 2.68 bits per heavy atom. The van der Waals surface area contributed by atoms with E-state index in [0.717, 1.165) is 18.5 Å². The number of aromatic nitrogens is 2. The lowest BCUT2D eigenvalue weighted by atomic mass is 10.1. The summed E-state index contributed by atoms with van der Waals surface area (Å²) in [6, 6.07) is 7.81. The molecule has 1 aromatic heterocycles. The molecular weight excluding hydrogens is 283 g/mol. The lowest BCUT2D eigenvalue weighted by Gasteiger charge is -2.07. The van der Waals surface area contributed by atoms with Gasteiger partial charge in [0.25, 0.3) is 5.91 Å². The summed E-state index contributed by atoms with van der Waals surface area (Å²) < 4.78 is 12.8. The topological polar surface area (TPSA) is 66.9 Å². The SMILES string of the molecule is CCCNc1nccc(C(=O)NCCc2ccc(F)cc2)n1. The van der Waals surface area contributed by atoms with Gasteiger partial charge in [-0.15, -0.1) is 0 Å². The van der Waals surface area contributed by atoms with E-state index in [2.05, 4.69) is 20.6 Å². The number of nitrogens with zero attached hydrogens (tertiary/aromatic N) is 2. The van der Waals surface area contributed by atoms with E-state index in [4.69, 9.17) is 0 Å². The smallest absolute Gasteiger partial charge is 0.270 e. The molecule has 0 fully saturated rings. The van der Waals surface area contributed by atoms with Gasteiger partial charge in [0.15, 0.2) is 0 Å². The van der Waals surface area contributed by atoms with Crippen LogP contribution in [-0.2, 0) is 6.42 Å². The second-order valence-electron chi connectivity index (χ2n) is 4.82. The van der Waals surface area contributed by atoms with Crippen LogP contribution in [0.1, 0.15) is 29.4 Å². The van der Waals surface area contributed by atoms with Crippen LogP contribution in [0.15, 0.2) is 36.5 Å². The van der Waals surface area contributed by atoms with E-state index in [0.29, 0.717) is 24.6 Å². The van der Waals surface area contributed by atoms with Gasteiger partial charge in [-0.3, -0.25) is 4.79 Å². The molecule has 0 saturated heterocycles. The average Bonchev–Trinajstić information content (AvgIpc) is 2.55. The van der Waals surface area contributed by atoms with Gasteiger partial charge in [-0.2, -0.15) is 0 Å². The Labute approximate surface area is 129 Å². The third-order valence-electron chi connectivity index (χ3n) is 3.03. The first kappa shape index (κ1) is 15.9. The van der Waals surface area contributed by atoms with Gasteiger partial charge in [0, 0.05) is 19.3 Å². The number of anilines is 1. The highest BCUT2D eigenvalue weighted by molar-refractivity contribution is 5.92. The predicted molar refractivity (Wildman–Crippen MR) is 83.2 cm³/mol. The Hall–Kier alpha value is -2.50. The molecule has 0 radical (unpaired) electrons. The lowest BCUT2D eigenvalue weighted by Crippen LogP contribution is -2.27. The van der Waals surface area contributed by atoms with E-state index < -0.39 is 0 Å². The van der Waals surface area contributed by atoms with Crippen molar-refractivity contribution in [1.29, 1.82) is 0 Å². The van der Waals surface area contributed by atoms with Crippen molar-refractivity contribution in [3.63, 3.8) is 0 Å². The number of amides is 1. The van der Waals surface area contributed by atoms with Crippen molar-refractivity contribution in [1.82, 2.24) is 15.3 Å². The van der Waals surface area contributed by atoms with E-state index >= 15 is 0 Å². The second kappa shape index (κ2) is 8.07. The van der Waals surface area contributed by atoms with Crippen LogP contribution in [0.5, 0.6) is 0 Å². The molecule has 0 saturated carbocycles.